The Morgan fingerprint density at radius 1 is 1.16 bits per heavy atom. The molecule has 0 aromatic heterocycles. The Hall–Kier alpha value is -1.10. The van der Waals surface area contributed by atoms with Crippen molar-refractivity contribution in [2.45, 2.75) is 51.0 Å². The number of amides is 1. The standard InChI is InChI=1S/C14H23NO4/c16-13(15-7-6-12-5-2-8-19-12)10-3-1-4-11(9-10)14(17)18/h10-12H,1-9H2,(H,15,16)(H,17,18). The SMILES string of the molecule is O=C(O)C1CCCC(C(=O)NCCC2CCCO2)C1. The van der Waals surface area contributed by atoms with Crippen LogP contribution >= 0.6 is 0 Å². The topological polar surface area (TPSA) is 75.6 Å². The Morgan fingerprint density at radius 2 is 1.95 bits per heavy atom. The van der Waals surface area contributed by atoms with Crippen LogP contribution in [-0.2, 0) is 14.3 Å². The van der Waals surface area contributed by atoms with E-state index < -0.39 is 5.97 Å². The molecule has 1 aliphatic carbocycles. The van der Waals surface area contributed by atoms with Gasteiger partial charge in [0.05, 0.1) is 12.0 Å². The van der Waals surface area contributed by atoms with E-state index in [4.69, 9.17) is 9.84 Å². The zero-order valence-electron chi connectivity index (χ0n) is 11.3. The number of carbonyl (C=O) groups is 2. The molecule has 3 atom stereocenters. The maximum atomic E-state index is 12.0. The van der Waals surface area contributed by atoms with E-state index in [1.165, 1.54) is 0 Å². The first kappa shape index (κ1) is 14.3. The number of hydrogen-bond donors (Lipinski definition) is 2. The van der Waals surface area contributed by atoms with Gasteiger partial charge in [-0.05, 0) is 38.5 Å². The highest BCUT2D eigenvalue weighted by atomic mass is 16.5. The van der Waals surface area contributed by atoms with Crippen molar-refractivity contribution in [1.82, 2.24) is 5.32 Å². The number of carboxylic acid groups (broad SMARTS) is 1. The predicted molar refractivity (Wildman–Crippen MR) is 69.7 cm³/mol. The second-order valence-electron chi connectivity index (χ2n) is 5.61. The molecule has 2 rings (SSSR count). The molecular formula is C14H23NO4. The quantitative estimate of drug-likeness (QED) is 0.794. The van der Waals surface area contributed by atoms with Crippen molar-refractivity contribution in [2.24, 2.45) is 11.8 Å². The van der Waals surface area contributed by atoms with Crippen molar-refractivity contribution < 1.29 is 19.4 Å². The summed E-state index contributed by atoms with van der Waals surface area (Å²) in [6.07, 6.45) is 6.19. The summed E-state index contributed by atoms with van der Waals surface area (Å²) in [7, 11) is 0. The summed E-state index contributed by atoms with van der Waals surface area (Å²) in [5.74, 6) is -1.22. The van der Waals surface area contributed by atoms with Gasteiger partial charge in [-0.1, -0.05) is 6.42 Å². The van der Waals surface area contributed by atoms with Gasteiger partial charge in [-0.2, -0.15) is 0 Å². The fourth-order valence-electron chi connectivity index (χ4n) is 3.02. The first-order chi connectivity index (χ1) is 9.16. The van der Waals surface area contributed by atoms with Crippen molar-refractivity contribution in [3.8, 4) is 0 Å². The summed E-state index contributed by atoms with van der Waals surface area (Å²) in [6.45, 7) is 1.47. The van der Waals surface area contributed by atoms with E-state index in [2.05, 4.69) is 5.32 Å². The van der Waals surface area contributed by atoms with Gasteiger partial charge in [-0.15, -0.1) is 0 Å². The van der Waals surface area contributed by atoms with E-state index in [0.717, 1.165) is 38.7 Å². The minimum atomic E-state index is -0.767. The minimum Gasteiger partial charge on any atom is -0.481 e. The summed E-state index contributed by atoms with van der Waals surface area (Å²) < 4.78 is 5.50. The Bertz CT molecular complexity index is 325. The fraction of sp³-hybridized carbons (Fsp3) is 0.857. The number of ether oxygens (including phenoxy) is 1. The van der Waals surface area contributed by atoms with Crippen LogP contribution in [0.2, 0.25) is 0 Å². The van der Waals surface area contributed by atoms with Crippen molar-refractivity contribution >= 4 is 11.9 Å². The lowest BCUT2D eigenvalue weighted by Crippen LogP contribution is -2.36. The first-order valence-electron chi connectivity index (χ1n) is 7.29. The molecule has 0 radical (unpaired) electrons. The second-order valence-corrected chi connectivity index (χ2v) is 5.61. The molecule has 2 aliphatic rings. The number of hydrogen-bond acceptors (Lipinski definition) is 3. The number of nitrogens with one attached hydrogen (secondary N) is 1. The van der Waals surface area contributed by atoms with Crippen LogP contribution in [0, 0.1) is 11.8 Å². The molecule has 1 saturated heterocycles. The molecule has 3 unspecified atom stereocenters. The minimum absolute atomic E-state index is 0.0175. The average Bonchev–Trinajstić information content (AvgIpc) is 2.92. The van der Waals surface area contributed by atoms with E-state index in [1.54, 1.807) is 0 Å². The highest BCUT2D eigenvalue weighted by Gasteiger charge is 2.30. The molecule has 0 aromatic carbocycles. The van der Waals surface area contributed by atoms with Crippen LogP contribution in [0.15, 0.2) is 0 Å². The van der Waals surface area contributed by atoms with Crippen molar-refractivity contribution in [2.75, 3.05) is 13.2 Å². The highest BCUT2D eigenvalue weighted by Crippen LogP contribution is 2.29. The monoisotopic (exact) mass is 269 g/mol. The molecule has 0 bridgehead atoms. The van der Waals surface area contributed by atoms with Gasteiger partial charge in [-0.25, -0.2) is 0 Å². The zero-order valence-corrected chi connectivity index (χ0v) is 11.3. The first-order valence-corrected chi connectivity index (χ1v) is 7.29. The van der Waals surface area contributed by atoms with Gasteiger partial charge in [-0.3, -0.25) is 9.59 Å². The summed E-state index contributed by atoms with van der Waals surface area (Å²) in [5, 5.41) is 11.9. The van der Waals surface area contributed by atoms with E-state index in [9.17, 15) is 9.59 Å². The van der Waals surface area contributed by atoms with Crippen molar-refractivity contribution in [3.63, 3.8) is 0 Å². The van der Waals surface area contributed by atoms with Gasteiger partial charge in [0.2, 0.25) is 5.91 Å². The molecule has 2 N–H and O–H groups in total. The third-order valence-electron chi connectivity index (χ3n) is 4.18. The second kappa shape index (κ2) is 6.89. The molecule has 108 valence electrons. The maximum Gasteiger partial charge on any atom is 0.306 e. The van der Waals surface area contributed by atoms with E-state index in [1.807, 2.05) is 0 Å². The average molecular weight is 269 g/mol. The smallest absolute Gasteiger partial charge is 0.306 e. The Labute approximate surface area is 113 Å². The van der Waals surface area contributed by atoms with Crippen LogP contribution in [-0.4, -0.2) is 36.2 Å². The van der Waals surface area contributed by atoms with Gasteiger partial charge in [0.15, 0.2) is 0 Å². The molecule has 1 heterocycles. The van der Waals surface area contributed by atoms with E-state index in [0.29, 0.717) is 25.5 Å². The molecule has 1 aliphatic heterocycles. The van der Waals surface area contributed by atoms with Crippen LogP contribution in [0.4, 0.5) is 0 Å². The molecule has 0 aromatic rings. The van der Waals surface area contributed by atoms with Gasteiger partial charge in [0.25, 0.3) is 0 Å². The van der Waals surface area contributed by atoms with Gasteiger partial charge < -0.3 is 15.2 Å². The molecular weight excluding hydrogens is 246 g/mol. The van der Waals surface area contributed by atoms with Crippen LogP contribution in [0.25, 0.3) is 0 Å². The van der Waals surface area contributed by atoms with E-state index >= 15 is 0 Å². The third kappa shape index (κ3) is 4.20. The number of carbonyl (C=O) groups excluding carboxylic acids is 1. The number of rotatable bonds is 5. The summed E-state index contributed by atoms with van der Waals surface area (Å²) in [5.41, 5.74) is 0. The normalized spacial score (nSPS) is 31.1. The molecule has 0 spiro atoms. The predicted octanol–water partition coefficient (Wildman–Crippen LogP) is 1.56. The maximum absolute atomic E-state index is 12.0. The van der Waals surface area contributed by atoms with Crippen molar-refractivity contribution in [3.05, 3.63) is 0 Å². The van der Waals surface area contributed by atoms with E-state index in [-0.39, 0.29) is 17.7 Å². The Morgan fingerprint density at radius 3 is 2.63 bits per heavy atom. The van der Waals surface area contributed by atoms with Gasteiger partial charge >= 0.3 is 5.97 Å². The number of aliphatic carboxylic acids is 1. The zero-order chi connectivity index (χ0) is 13.7. The molecule has 2 fully saturated rings. The Kier molecular flexibility index (Phi) is 5.19. The highest BCUT2D eigenvalue weighted by molar-refractivity contribution is 5.80. The molecule has 5 heteroatoms. The summed E-state index contributed by atoms with van der Waals surface area (Å²) in [6, 6.07) is 0. The lowest BCUT2D eigenvalue weighted by molar-refractivity contribution is -0.144. The Balaban J connectivity index is 1.68. The van der Waals surface area contributed by atoms with Crippen LogP contribution in [0.1, 0.15) is 44.9 Å². The van der Waals surface area contributed by atoms with Crippen LogP contribution in [0.3, 0.4) is 0 Å². The third-order valence-corrected chi connectivity index (χ3v) is 4.18. The number of carboxylic acids is 1. The van der Waals surface area contributed by atoms with Gasteiger partial charge in [0, 0.05) is 19.1 Å². The lowest BCUT2D eigenvalue weighted by Gasteiger charge is -2.25. The fourth-order valence-corrected chi connectivity index (χ4v) is 3.02. The van der Waals surface area contributed by atoms with Crippen molar-refractivity contribution in [1.29, 1.82) is 0 Å². The van der Waals surface area contributed by atoms with Gasteiger partial charge in [0.1, 0.15) is 0 Å². The van der Waals surface area contributed by atoms with Crippen LogP contribution < -0.4 is 5.32 Å². The lowest BCUT2D eigenvalue weighted by atomic mass is 9.81. The largest absolute Gasteiger partial charge is 0.481 e. The summed E-state index contributed by atoms with van der Waals surface area (Å²) in [4.78, 5) is 23.0. The summed E-state index contributed by atoms with van der Waals surface area (Å²) >= 11 is 0. The molecule has 1 saturated carbocycles. The van der Waals surface area contributed by atoms with Crippen LogP contribution in [0.5, 0.6) is 0 Å². The molecule has 19 heavy (non-hydrogen) atoms. The molecule has 1 amide bonds. The molecule has 5 nitrogen and oxygen atoms in total.